The average Bonchev–Trinajstić information content (AvgIpc) is 2.35. The number of benzene rings is 1. The van der Waals surface area contributed by atoms with Crippen LogP contribution < -0.4 is 10.1 Å². The Balaban J connectivity index is 2.54. The minimum absolute atomic E-state index is 0.0946. The van der Waals surface area contributed by atoms with Crippen LogP contribution in [0.3, 0.4) is 0 Å². The van der Waals surface area contributed by atoms with E-state index in [9.17, 15) is 0 Å². The number of nitriles is 1. The van der Waals surface area contributed by atoms with Crippen molar-refractivity contribution in [3.63, 3.8) is 0 Å². The van der Waals surface area contributed by atoms with Crippen LogP contribution in [0.2, 0.25) is 0 Å². The highest BCUT2D eigenvalue weighted by Crippen LogP contribution is 2.17. The second-order valence-corrected chi connectivity index (χ2v) is 4.70. The largest absolute Gasteiger partial charge is 0.478 e. The van der Waals surface area contributed by atoms with Crippen molar-refractivity contribution in [2.24, 2.45) is 0 Å². The highest BCUT2D eigenvalue weighted by atomic mass is 32.2. The lowest BCUT2D eigenvalue weighted by atomic mass is 10.2. The van der Waals surface area contributed by atoms with Crippen LogP contribution in [0.15, 0.2) is 24.3 Å². The van der Waals surface area contributed by atoms with Crippen LogP contribution in [0.25, 0.3) is 0 Å². The average molecular weight is 250 g/mol. The highest BCUT2D eigenvalue weighted by Gasteiger charge is 2.05. The number of rotatable bonds is 7. The maximum atomic E-state index is 8.51. The summed E-state index contributed by atoms with van der Waals surface area (Å²) < 4.78 is 5.37. The summed E-state index contributed by atoms with van der Waals surface area (Å²) in [7, 11) is 0. The van der Waals surface area contributed by atoms with E-state index in [2.05, 4.69) is 18.5 Å². The van der Waals surface area contributed by atoms with Gasteiger partial charge in [0.15, 0.2) is 6.61 Å². The summed E-state index contributed by atoms with van der Waals surface area (Å²) in [6.07, 6.45) is 2.10. The molecular weight excluding hydrogens is 232 g/mol. The van der Waals surface area contributed by atoms with Gasteiger partial charge in [-0.15, -0.1) is 0 Å². The molecule has 0 aliphatic carbocycles. The Morgan fingerprint density at radius 2 is 2.24 bits per heavy atom. The van der Waals surface area contributed by atoms with Gasteiger partial charge in [-0.2, -0.15) is 17.0 Å². The molecule has 0 aliphatic heterocycles. The molecular formula is C13H18N2OS. The molecule has 1 rings (SSSR count). The summed E-state index contributed by atoms with van der Waals surface area (Å²) in [5.74, 6) is 1.87. The first-order valence-electron chi connectivity index (χ1n) is 5.58. The zero-order valence-electron chi connectivity index (χ0n) is 10.3. The Morgan fingerprint density at radius 1 is 1.47 bits per heavy atom. The standard InChI is InChI=1S/C13H18N2OS/c1-11(10-17-2)15-9-12-5-3-4-6-13(12)16-8-7-14/h3-6,11,15H,8-10H2,1-2H3. The highest BCUT2D eigenvalue weighted by molar-refractivity contribution is 7.98. The molecule has 0 radical (unpaired) electrons. The van der Waals surface area contributed by atoms with Gasteiger partial charge in [0, 0.05) is 23.9 Å². The molecule has 0 spiro atoms. The monoisotopic (exact) mass is 250 g/mol. The third-order valence-electron chi connectivity index (χ3n) is 2.32. The molecule has 0 saturated heterocycles. The lowest BCUT2D eigenvalue weighted by Crippen LogP contribution is -2.27. The predicted molar refractivity (Wildman–Crippen MR) is 72.2 cm³/mol. The van der Waals surface area contributed by atoms with E-state index >= 15 is 0 Å². The smallest absolute Gasteiger partial charge is 0.174 e. The van der Waals surface area contributed by atoms with Crippen molar-refractivity contribution in [2.75, 3.05) is 18.6 Å². The molecule has 0 bridgehead atoms. The predicted octanol–water partition coefficient (Wildman–Crippen LogP) is 2.43. The molecule has 0 saturated carbocycles. The third-order valence-corrected chi connectivity index (χ3v) is 3.16. The maximum Gasteiger partial charge on any atom is 0.174 e. The minimum Gasteiger partial charge on any atom is -0.478 e. The molecule has 1 unspecified atom stereocenters. The van der Waals surface area contributed by atoms with Crippen LogP contribution in [-0.4, -0.2) is 24.7 Å². The Morgan fingerprint density at radius 3 is 2.94 bits per heavy atom. The van der Waals surface area contributed by atoms with Gasteiger partial charge in [-0.3, -0.25) is 0 Å². The zero-order valence-corrected chi connectivity index (χ0v) is 11.1. The lowest BCUT2D eigenvalue weighted by molar-refractivity contribution is 0.362. The van der Waals surface area contributed by atoms with Crippen LogP contribution in [0.4, 0.5) is 0 Å². The van der Waals surface area contributed by atoms with Crippen molar-refractivity contribution in [1.82, 2.24) is 5.32 Å². The van der Waals surface area contributed by atoms with Gasteiger partial charge in [-0.1, -0.05) is 18.2 Å². The summed E-state index contributed by atoms with van der Waals surface area (Å²) >= 11 is 1.83. The van der Waals surface area contributed by atoms with Crippen molar-refractivity contribution in [3.8, 4) is 11.8 Å². The molecule has 1 atom stereocenters. The molecule has 0 aliphatic rings. The number of hydrogen-bond donors (Lipinski definition) is 1. The first-order valence-corrected chi connectivity index (χ1v) is 6.97. The van der Waals surface area contributed by atoms with Crippen LogP contribution >= 0.6 is 11.8 Å². The van der Waals surface area contributed by atoms with E-state index in [0.29, 0.717) is 6.04 Å². The van der Waals surface area contributed by atoms with E-state index in [0.717, 1.165) is 23.6 Å². The molecule has 4 heteroatoms. The number of hydrogen-bond acceptors (Lipinski definition) is 4. The van der Waals surface area contributed by atoms with Crippen molar-refractivity contribution < 1.29 is 4.74 Å². The van der Waals surface area contributed by atoms with Gasteiger partial charge >= 0.3 is 0 Å². The fraction of sp³-hybridized carbons (Fsp3) is 0.462. The quantitative estimate of drug-likeness (QED) is 0.807. The normalized spacial score (nSPS) is 11.8. The summed E-state index contributed by atoms with van der Waals surface area (Å²) in [6, 6.07) is 10.3. The van der Waals surface area contributed by atoms with Gasteiger partial charge < -0.3 is 10.1 Å². The number of ether oxygens (including phenoxy) is 1. The van der Waals surface area contributed by atoms with Gasteiger partial charge in [-0.25, -0.2) is 0 Å². The summed E-state index contributed by atoms with van der Waals surface area (Å²) in [5.41, 5.74) is 1.09. The lowest BCUT2D eigenvalue weighted by Gasteiger charge is -2.14. The van der Waals surface area contributed by atoms with E-state index in [1.54, 1.807) is 0 Å². The second-order valence-electron chi connectivity index (χ2n) is 3.79. The number of nitrogens with one attached hydrogen (secondary N) is 1. The van der Waals surface area contributed by atoms with Gasteiger partial charge in [0.25, 0.3) is 0 Å². The van der Waals surface area contributed by atoms with E-state index < -0.39 is 0 Å². The Hall–Kier alpha value is -1.18. The summed E-state index contributed by atoms with van der Waals surface area (Å²) in [6.45, 7) is 3.02. The fourth-order valence-electron chi connectivity index (χ4n) is 1.49. The molecule has 0 heterocycles. The Labute approximate surface area is 107 Å². The van der Waals surface area contributed by atoms with E-state index in [-0.39, 0.29) is 6.61 Å². The van der Waals surface area contributed by atoms with E-state index in [1.165, 1.54) is 0 Å². The molecule has 92 valence electrons. The molecule has 0 amide bonds. The van der Waals surface area contributed by atoms with E-state index in [4.69, 9.17) is 10.00 Å². The number of nitrogens with zero attached hydrogens (tertiary/aromatic N) is 1. The van der Waals surface area contributed by atoms with Gasteiger partial charge in [0.1, 0.15) is 11.8 Å². The molecule has 3 nitrogen and oxygen atoms in total. The van der Waals surface area contributed by atoms with Crippen molar-refractivity contribution in [2.45, 2.75) is 19.5 Å². The minimum atomic E-state index is 0.0946. The van der Waals surface area contributed by atoms with Crippen LogP contribution in [0, 0.1) is 11.3 Å². The van der Waals surface area contributed by atoms with Crippen LogP contribution in [0.5, 0.6) is 5.75 Å². The number of thioether (sulfide) groups is 1. The topological polar surface area (TPSA) is 45.0 Å². The summed E-state index contributed by atoms with van der Waals surface area (Å²) in [5, 5.41) is 11.9. The Bertz CT molecular complexity index is 376. The van der Waals surface area contributed by atoms with Crippen molar-refractivity contribution in [1.29, 1.82) is 5.26 Å². The van der Waals surface area contributed by atoms with Gasteiger partial charge in [-0.05, 0) is 19.2 Å². The third kappa shape index (κ3) is 5.12. The molecule has 17 heavy (non-hydrogen) atoms. The maximum absolute atomic E-state index is 8.51. The number of para-hydroxylation sites is 1. The Kier molecular flexibility index (Phi) is 6.53. The molecule has 1 aromatic rings. The molecule has 0 fully saturated rings. The molecule has 0 aromatic heterocycles. The molecule has 1 N–H and O–H groups in total. The zero-order chi connectivity index (χ0) is 12.5. The molecule has 1 aromatic carbocycles. The van der Waals surface area contributed by atoms with Gasteiger partial charge in [0.2, 0.25) is 0 Å². The van der Waals surface area contributed by atoms with E-state index in [1.807, 2.05) is 42.1 Å². The fourth-order valence-corrected chi connectivity index (χ4v) is 2.11. The second kappa shape index (κ2) is 7.99. The van der Waals surface area contributed by atoms with Crippen LogP contribution in [0.1, 0.15) is 12.5 Å². The first kappa shape index (κ1) is 13.9. The van der Waals surface area contributed by atoms with Crippen LogP contribution in [-0.2, 0) is 6.54 Å². The van der Waals surface area contributed by atoms with Crippen molar-refractivity contribution >= 4 is 11.8 Å². The van der Waals surface area contributed by atoms with Crippen molar-refractivity contribution in [3.05, 3.63) is 29.8 Å². The SMILES string of the molecule is CSCC(C)NCc1ccccc1OCC#N. The van der Waals surface area contributed by atoms with Gasteiger partial charge in [0.05, 0.1) is 0 Å². The summed E-state index contributed by atoms with van der Waals surface area (Å²) in [4.78, 5) is 0. The first-order chi connectivity index (χ1) is 8.27.